The van der Waals surface area contributed by atoms with Crippen LogP contribution >= 0.6 is 11.3 Å². The number of rotatable bonds is 2. The summed E-state index contributed by atoms with van der Waals surface area (Å²) >= 11 is 1.65. The van der Waals surface area contributed by atoms with Crippen molar-refractivity contribution in [1.82, 2.24) is 0 Å². The summed E-state index contributed by atoms with van der Waals surface area (Å²) in [6.07, 6.45) is 0. The molecular formula is C12H12FNS. The lowest BCUT2D eigenvalue weighted by molar-refractivity contribution is 0.628. The van der Waals surface area contributed by atoms with Crippen molar-refractivity contribution in [1.29, 1.82) is 0 Å². The van der Waals surface area contributed by atoms with Gasteiger partial charge in [-0.05, 0) is 36.8 Å². The zero-order valence-corrected chi connectivity index (χ0v) is 9.22. The van der Waals surface area contributed by atoms with Gasteiger partial charge in [-0.1, -0.05) is 12.1 Å². The predicted octanol–water partition coefficient (Wildman–Crippen LogP) is 3.57. The normalized spacial score (nSPS) is 12.7. The van der Waals surface area contributed by atoms with Gasteiger partial charge in [-0.15, -0.1) is 11.3 Å². The first-order valence-corrected chi connectivity index (χ1v) is 5.60. The Labute approximate surface area is 92.4 Å². The van der Waals surface area contributed by atoms with E-state index in [-0.39, 0.29) is 11.9 Å². The summed E-state index contributed by atoms with van der Waals surface area (Å²) in [4.78, 5) is 2.27. The molecule has 0 fully saturated rings. The van der Waals surface area contributed by atoms with E-state index in [2.05, 4.69) is 0 Å². The van der Waals surface area contributed by atoms with Gasteiger partial charge in [0.15, 0.2) is 0 Å². The summed E-state index contributed by atoms with van der Waals surface area (Å²) < 4.78 is 12.7. The highest BCUT2D eigenvalue weighted by molar-refractivity contribution is 7.15. The highest BCUT2D eigenvalue weighted by Crippen LogP contribution is 2.30. The topological polar surface area (TPSA) is 26.0 Å². The van der Waals surface area contributed by atoms with Crippen LogP contribution in [0.25, 0.3) is 10.4 Å². The summed E-state index contributed by atoms with van der Waals surface area (Å²) in [5, 5.41) is 0. The molecule has 3 heteroatoms. The summed E-state index contributed by atoms with van der Waals surface area (Å²) in [5.74, 6) is -0.206. The van der Waals surface area contributed by atoms with Gasteiger partial charge < -0.3 is 5.73 Å². The monoisotopic (exact) mass is 221 g/mol. The van der Waals surface area contributed by atoms with Gasteiger partial charge in [-0.3, -0.25) is 0 Å². The van der Waals surface area contributed by atoms with Gasteiger partial charge >= 0.3 is 0 Å². The minimum Gasteiger partial charge on any atom is -0.324 e. The van der Waals surface area contributed by atoms with Crippen molar-refractivity contribution in [2.75, 3.05) is 0 Å². The average molecular weight is 221 g/mol. The molecule has 0 aliphatic rings. The molecule has 1 atom stereocenters. The van der Waals surface area contributed by atoms with Crippen LogP contribution in [-0.2, 0) is 0 Å². The third-order valence-corrected chi connectivity index (χ3v) is 3.54. The number of hydrogen-bond donors (Lipinski definition) is 1. The van der Waals surface area contributed by atoms with Crippen LogP contribution in [0.5, 0.6) is 0 Å². The van der Waals surface area contributed by atoms with Crippen LogP contribution in [0, 0.1) is 5.82 Å². The van der Waals surface area contributed by atoms with Crippen LogP contribution in [0.2, 0.25) is 0 Å². The Balaban J connectivity index is 2.33. The molecular weight excluding hydrogens is 209 g/mol. The molecule has 0 amide bonds. The molecule has 0 radical (unpaired) electrons. The predicted molar refractivity (Wildman–Crippen MR) is 62.3 cm³/mol. The summed E-state index contributed by atoms with van der Waals surface area (Å²) in [5.41, 5.74) is 6.82. The van der Waals surface area contributed by atoms with Crippen LogP contribution in [0.15, 0.2) is 36.4 Å². The molecule has 0 spiro atoms. The number of hydrogen-bond acceptors (Lipinski definition) is 2. The van der Waals surface area contributed by atoms with Crippen molar-refractivity contribution in [2.45, 2.75) is 13.0 Å². The highest BCUT2D eigenvalue weighted by Gasteiger charge is 2.05. The van der Waals surface area contributed by atoms with Gasteiger partial charge in [-0.25, -0.2) is 4.39 Å². The summed E-state index contributed by atoms with van der Waals surface area (Å²) in [7, 11) is 0. The molecule has 0 saturated heterocycles. The third kappa shape index (κ3) is 2.25. The maximum absolute atomic E-state index is 12.7. The largest absolute Gasteiger partial charge is 0.324 e. The van der Waals surface area contributed by atoms with Crippen molar-refractivity contribution >= 4 is 11.3 Å². The van der Waals surface area contributed by atoms with E-state index >= 15 is 0 Å². The fourth-order valence-corrected chi connectivity index (χ4v) is 2.33. The minimum absolute atomic E-state index is 0.0594. The Morgan fingerprint density at radius 2 is 1.80 bits per heavy atom. The number of benzene rings is 1. The molecule has 2 N–H and O–H groups in total. The zero-order chi connectivity index (χ0) is 10.8. The van der Waals surface area contributed by atoms with Crippen molar-refractivity contribution in [2.24, 2.45) is 5.73 Å². The maximum Gasteiger partial charge on any atom is 0.123 e. The summed E-state index contributed by atoms with van der Waals surface area (Å²) in [6.45, 7) is 1.96. The Hall–Kier alpha value is -1.19. The molecule has 0 aliphatic carbocycles. The average Bonchev–Trinajstić information content (AvgIpc) is 2.68. The van der Waals surface area contributed by atoms with E-state index in [9.17, 15) is 4.39 Å². The lowest BCUT2D eigenvalue weighted by Crippen LogP contribution is -2.01. The zero-order valence-electron chi connectivity index (χ0n) is 8.41. The molecule has 0 unspecified atom stereocenters. The van der Waals surface area contributed by atoms with E-state index in [1.807, 2.05) is 19.1 Å². The van der Waals surface area contributed by atoms with Gasteiger partial charge in [0, 0.05) is 15.8 Å². The van der Waals surface area contributed by atoms with E-state index in [4.69, 9.17) is 5.73 Å². The van der Waals surface area contributed by atoms with Gasteiger partial charge in [0.05, 0.1) is 0 Å². The standard InChI is InChI=1S/C12H12FNS/c1-8(14)11-6-7-12(15-11)9-2-4-10(13)5-3-9/h2-8H,14H2,1H3/t8-/m1/s1. The maximum atomic E-state index is 12.7. The first kappa shape index (κ1) is 10.3. The molecule has 0 saturated carbocycles. The minimum atomic E-state index is -0.206. The van der Waals surface area contributed by atoms with Gasteiger partial charge in [0.25, 0.3) is 0 Å². The van der Waals surface area contributed by atoms with Crippen molar-refractivity contribution in [3.8, 4) is 10.4 Å². The molecule has 78 valence electrons. The van der Waals surface area contributed by atoms with Crippen LogP contribution in [0.3, 0.4) is 0 Å². The van der Waals surface area contributed by atoms with E-state index in [0.29, 0.717) is 0 Å². The van der Waals surface area contributed by atoms with E-state index in [1.54, 1.807) is 23.5 Å². The second-order valence-electron chi connectivity index (χ2n) is 3.50. The van der Waals surface area contributed by atoms with Crippen LogP contribution < -0.4 is 5.73 Å². The molecule has 1 nitrogen and oxygen atoms in total. The highest BCUT2D eigenvalue weighted by atomic mass is 32.1. The lowest BCUT2D eigenvalue weighted by Gasteiger charge is -1.99. The van der Waals surface area contributed by atoms with Crippen molar-refractivity contribution < 1.29 is 4.39 Å². The Morgan fingerprint density at radius 1 is 1.13 bits per heavy atom. The summed E-state index contributed by atoms with van der Waals surface area (Å²) in [6, 6.07) is 10.6. The Bertz CT molecular complexity index is 445. The van der Waals surface area contributed by atoms with E-state index in [1.165, 1.54) is 12.1 Å². The quantitative estimate of drug-likeness (QED) is 0.824. The second-order valence-corrected chi connectivity index (χ2v) is 4.61. The lowest BCUT2D eigenvalue weighted by atomic mass is 10.2. The van der Waals surface area contributed by atoms with Crippen LogP contribution in [0.1, 0.15) is 17.8 Å². The molecule has 0 bridgehead atoms. The van der Waals surface area contributed by atoms with Crippen LogP contribution in [-0.4, -0.2) is 0 Å². The molecule has 1 aromatic heterocycles. The first-order chi connectivity index (χ1) is 7.16. The molecule has 2 aromatic rings. The number of thiophene rings is 1. The molecule has 1 heterocycles. The van der Waals surface area contributed by atoms with Gasteiger partial charge in [0.2, 0.25) is 0 Å². The van der Waals surface area contributed by atoms with Gasteiger partial charge in [0.1, 0.15) is 5.82 Å². The Kier molecular flexibility index (Phi) is 2.84. The Morgan fingerprint density at radius 3 is 2.33 bits per heavy atom. The smallest absolute Gasteiger partial charge is 0.123 e. The SMILES string of the molecule is C[C@@H](N)c1ccc(-c2ccc(F)cc2)s1. The van der Waals surface area contributed by atoms with Crippen molar-refractivity contribution in [3.05, 3.63) is 47.1 Å². The molecule has 2 rings (SSSR count). The number of nitrogens with two attached hydrogens (primary N) is 1. The second kappa shape index (κ2) is 4.13. The number of halogens is 1. The first-order valence-electron chi connectivity index (χ1n) is 4.78. The van der Waals surface area contributed by atoms with Gasteiger partial charge in [-0.2, -0.15) is 0 Å². The molecule has 15 heavy (non-hydrogen) atoms. The molecule has 1 aromatic carbocycles. The molecule has 0 aliphatic heterocycles. The fourth-order valence-electron chi connectivity index (χ4n) is 1.37. The van der Waals surface area contributed by atoms with E-state index in [0.717, 1.165) is 15.3 Å². The van der Waals surface area contributed by atoms with Crippen molar-refractivity contribution in [3.63, 3.8) is 0 Å². The van der Waals surface area contributed by atoms with Crippen LogP contribution in [0.4, 0.5) is 4.39 Å². The third-order valence-electron chi connectivity index (χ3n) is 2.20. The van der Waals surface area contributed by atoms with E-state index < -0.39 is 0 Å². The fraction of sp³-hybridized carbons (Fsp3) is 0.167.